The third-order valence-corrected chi connectivity index (χ3v) is 5.64. The molecule has 4 rings (SSSR count). The third kappa shape index (κ3) is 4.14. The largest absolute Gasteiger partial charge is 0.444 e. The van der Waals surface area contributed by atoms with E-state index in [4.69, 9.17) is 4.42 Å². The number of hydrogen-bond donors (Lipinski definition) is 0. The highest BCUT2D eigenvalue weighted by atomic mass is 16.4. The fraction of sp³-hybridized carbons (Fsp3) is 0.667. The average Bonchev–Trinajstić information content (AvgIpc) is 3.31. The highest BCUT2D eigenvalue weighted by Crippen LogP contribution is 2.39. The summed E-state index contributed by atoms with van der Waals surface area (Å²) in [5, 5.41) is 4.54. The van der Waals surface area contributed by atoms with E-state index in [1.165, 1.54) is 12.8 Å². The van der Waals surface area contributed by atoms with Crippen molar-refractivity contribution in [3.8, 4) is 0 Å². The Kier molecular flexibility index (Phi) is 5.04. The van der Waals surface area contributed by atoms with E-state index >= 15 is 0 Å². The number of rotatable bonds is 4. The summed E-state index contributed by atoms with van der Waals surface area (Å²) >= 11 is 0. The van der Waals surface area contributed by atoms with E-state index in [1.807, 2.05) is 24.2 Å². The van der Waals surface area contributed by atoms with Gasteiger partial charge < -0.3 is 9.32 Å². The van der Waals surface area contributed by atoms with Crippen LogP contribution < -0.4 is 0 Å². The number of aromatic nitrogens is 3. The molecule has 2 aromatic heterocycles. The Bertz CT molecular complexity index is 843. The molecule has 28 heavy (non-hydrogen) atoms. The van der Waals surface area contributed by atoms with Crippen LogP contribution in [0.5, 0.6) is 0 Å². The molecule has 2 aliphatic rings. The van der Waals surface area contributed by atoms with Crippen molar-refractivity contribution < 1.29 is 9.21 Å². The summed E-state index contributed by atoms with van der Waals surface area (Å²) in [6, 6.07) is 1.99. The maximum Gasteiger partial charge on any atom is 0.272 e. The fourth-order valence-corrected chi connectivity index (χ4v) is 3.68. The van der Waals surface area contributed by atoms with Crippen LogP contribution in [0.4, 0.5) is 0 Å². The molecule has 1 amide bonds. The van der Waals surface area contributed by atoms with E-state index in [0.717, 1.165) is 49.9 Å². The minimum atomic E-state index is -0.0321. The van der Waals surface area contributed by atoms with Crippen LogP contribution in [0.1, 0.15) is 73.8 Å². The van der Waals surface area contributed by atoms with E-state index in [-0.39, 0.29) is 11.3 Å². The summed E-state index contributed by atoms with van der Waals surface area (Å²) in [6.45, 7) is 10.3. The van der Waals surface area contributed by atoms with Crippen molar-refractivity contribution in [1.29, 1.82) is 0 Å². The molecule has 1 aliphatic heterocycles. The van der Waals surface area contributed by atoms with Crippen molar-refractivity contribution >= 4 is 5.91 Å². The Morgan fingerprint density at radius 2 is 2.00 bits per heavy atom. The number of amides is 1. The second-order valence-electron chi connectivity index (χ2n) is 9.14. The summed E-state index contributed by atoms with van der Waals surface area (Å²) in [7, 11) is 1.87. The zero-order chi connectivity index (χ0) is 19.9. The van der Waals surface area contributed by atoms with Gasteiger partial charge in [-0.15, -0.1) is 0 Å². The van der Waals surface area contributed by atoms with Gasteiger partial charge >= 0.3 is 0 Å². The normalized spacial score (nSPS) is 19.1. The Balaban J connectivity index is 1.37. The number of carbonyl (C=O) groups excluding carboxylic acids is 1. The van der Waals surface area contributed by atoms with Crippen LogP contribution in [0.2, 0.25) is 0 Å². The Morgan fingerprint density at radius 3 is 2.68 bits per heavy atom. The van der Waals surface area contributed by atoms with E-state index < -0.39 is 0 Å². The number of aryl methyl sites for hydroxylation is 1. The third-order valence-electron chi connectivity index (χ3n) is 5.64. The highest BCUT2D eigenvalue weighted by molar-refractivity contribution is 5.92. The van der Waals surface area contributed by atoms with Gasteiger partial charge in [-0.1, -0.05) is 20.8 Å². The predicted molar refractivity (Wildman–Crippen MR) is 106 cm³/mol. The zero-order valence-electron chi connectivity index (χ0n) is 17.4. The first-order chi connectivity index (χ1) is 13.3. The first-order valence-electron chi connectivity index (χ1n) is 10.3. The summed E-state index contributed by atoms with van der Waals surface area (Å²) in [5.41, 5.74) is 1.74. The SMILES string of the molecule is Cn1nc(C2CC2)cc1C(=O)N1CCCN(Cc2ncc(C(C)(C)C)o2)CC1. The number of oxazole rings is 1. The summed E-state index contributed by atoms with van der Waals surface area (Å²) < 4.78 is 7.69. The number of carbonyl (C=O) groups is 1. The molecule has 0 unspecified atom stereocenters. The minimum Gasteiger partial charge on any atom is -0.444 e. The molecule has 152 valence electrons. The maximum atomic E-state index is 13.0. The molecule has 0 atom stereocenters. The van der Waals surface area contributed by atoms with Crippen molar-refractivity contribution in [2.24, 2.45) is 7.05 Å². The smallest absolute Gasteiger partial charge is 0.272 e. The molecule has 1 aliphatic carbocycles. The average molecular weight is 386 g/mol. The van der Waals surface area contributed by atoms with Crippen LogP contribution in [-0.2, 0) is 19.0 Å². The van der Waals surface area contributed by atoms with Crippen molar-refractivity contribution in [3.63, 3.8) is 0 Å². The maximum absolute atomic E-state index is 13.0. The lowest BCUT2D eigenvalue weighted by Gasteiger charge is -2.21. The molecule has 0 radical (unpaired) electrons. The molecule has 7 heteroatoms. The van der Waals surface area contributed by atoms with Gasteiger partial charge in [0.05, 0.1) is 18.4 Å². The van der Waals surface area contributed by atoms with Gasteiger partial charge in [0.25, 0.3) is 5.91 Å². The second kappa shape index (κ2) is 7.35. The first-order valence-corrected chi connectivity index (χ1v) is 10.3. The molecular weight excluding hydrogens is 354 g/mol. The van der Waals surface area contributed by atoms with Crippen molar-refractivity contribution in [3.05, 3.63) is 35.3 Å². The molecule has 1 saturated carbocycles. The van der Waals surface area contributed by atoms with Gasteiger partial charge in [-0.2, -0.15) is 5.10 Å². The summed E-state index contributed by atoms with van der Waals surface area (Å²) in [4.78, 5) is 21.8. The molecule has 0 N–H and O–H groups in total. The van der Waals surface area contributed by atoms with Gasteiger partial charge in [0, 0.05) is 44.6 Å². The summed E-state index contributed by atoms with van der Waals surface area (Å²) in [5.74, 6) is 2.32. The molecule has 3 heterocycles. The van der Waals surface area contributed by atoms with Crippen molar-refractivity contribution in [2.45, 2.75) is 57.9 Å². The molecule has 7 nitrogen and oxygen atoms in total. The number of nitrogens with zero attached hydrogens (tertiary/aromatic N) is 5. The number of hydrogen-bond acceptors (Lipinski definition) is 5. The molecule has 1 saturated heterocycles. The van der Waals surface area contributed by atoms with Crippen LogP contribution in [0.3, 0.4) is 0 Å². The van der Waals surface area contributed by atoms with Gasteiger partial charge in [-0.05, 0) is 25.3 Å². The first kappa shape index (κ1) is 19.2. The zero-order valence-corrected chi connectivity index (χ0v) is 17.4. The fourth-order valence-electron chi connectivity index (χ4n) is 3.68. The lowest BCUT2D eigenvalue weighted by atomic mass is 9.94. The molecule has 2 fully saturated rings. The lowest BCUT2D eigenvalue weighted by Crippen LogP contribution is -2.36. The molecule has 0 bridgehead atoms. The molecular formula is C21H31N5O2. The van der Waals surface area contributed by atoms with Gasteiger partial charge in [-0.25, -0.2) is 4.98 Å². The van der Waals surface area contributed by atoms with E-state index in [1.54, 1.807) is 4.68 Å². The molecule has 0 aromatic carbocycles. The second-order valence-corrected chi connectivity index (χ2v) is 9.14. The van der Waals surface area contributed by atoms with Gasteiger partial charge in [0.2, 0.25) is 5.89 Å². The Hall–Kier alpha value is -2.15. The van der Waals surface area contributed by atoms with Crippen LogP contribution in [0, 0.1) is 0 Å². The Labute approximate surface area is 166 Å². The van der Waals surface area contributed by atoms with Crippen LogP contribution in [0.25, 0.3) is 0 Å². The lowest BCUT2D eigenvalue weighted by molar-refractivity contribution is 0.0749. The van der Waals surface area contributed by atoms with E-state index in [2.05, 4.69) is 35.8 Å². The minimum absolute atomic E-state index is 0.0321. The van der Waals surface area contributed by atoms with Crippen LogP contribution in [0.15, 0.2) is 16.7 Å². The summed E-state index contributed by atoms with van der Waals surface area (Å²) in [6.07, 6.45) is 5.18. The topological polar surface area (TPSA) is 67.4 Å². The van der Waals surface area contributed by atoms with Crippen molar-refractivity contribution in [2.75, 3.05) is 26.2 Å². The van der Waals surface area contributed by atoms with Crippen LogP contribution in [-0.4, -0.2) is 56.7 Å². The Morgan fingerprint density at radius 1 is 1.21 bits per heavy atom. The van der Waals surface area contributed by atoms with E-state index in [0.29, 0.717) is 18.2 Å². The molecule has 0 spiro atoms. The standard InChI is InChI=1S/C21H31N5O2/c1-21(2,3)18-13-22-19(28-18)14-25-8-5-9-26(11-10-25)20(27)17-12-16(15-6-7-15)23-24(17)4/h12-13,15H,5-11,14H2,1-4H3. The van der Waals surface area contributed by atoms with Crippen molar-refractivity contribution in [1.82, 2.24) is 24.6 Å². The predicted octanol–water partition coefficient (Wildman–Crippen LogP) is 2.93. The van der Waals surface area contributed by atoms with Crippen LogP contribution >= 0.6 is 0 Å². The van der Waals surface area contributed by atoms with E-state index in [9.17, 15) is 4.79 Å². The highest BCUT2D eigenvalue weighted by Gasteiger charge is 2.30. The van der Waals surface area contributed by atoms with Gasteiger partial charge in [0.15, 0.2) is 0 Å². The van der Waals surface area contributed by atoms with Gasteiger partial charge in [-0.3, -0.25) is 14.4 Å². The monoisotopic (exact) mass is 385 g/mol. The van der Waals surface area contributed by atoms with Gasteiger partial charge in [0.1, 0.15) is 11.5 Å². The molecule has 2 aromatic rings. The quantitative estimate of drug-likeness (QED) is 0.809.